The van der Waals surface area contributed by atoms with Gasteiger partial charge in [0.25, 0.3) is 0 Å². The molecule has 0 saturated heterocycles. The number of aliphatic hydroxyl groups excluding tert-OH is 1. The van der Waals surface area contributed by atoms with Gasteiger partial charge in [0.2, 0.25) is 0 Å². The monoisotopic (exact) mass is 366 g/mol. The fourth-order valence-electron chi connectivity index (χ4n) is 4.02. The Morgan fingerprint density at radius 1 is 1.00 bits per heavy atom. The molecule has 0 amide bonds. The van der Waals surface area contributed by atoms with Crippen molar-refractivity contribution in [3.8, 4) is 0 Å². The van der Waals surface area contributed by atoms with Gasteiger partial charge in [-0.25, -0.2) is 0 Å². The van der Waals surface area contributed by atoms with E-state index in [0.29, 0.717) is 12.1 Å². The van der Waals surface area contributed by atoms with E-state index in [1.165, 1.54) is 10.4 Å². The molecule has 1 aliphatic heterocycles. The Labute approximate surface area is 158 Å². The third-order valence-electron chi connectivity index (χ3n) is 5.25. The van der Waals surface area contributed by atoms with Crippen LogP contribution in [0.25, 0.3) is 0 Å². The second kappa shape index (κ2) is 7.91. The van der Waals surface area contributed by atoms with Crippen molar-refractivity contribution in [3.63, 3.8) is 0 Å². The summed E-state index contributed by atoms with van der Waals surface area (Å²) >= 11 is 0. The predicted molar refractivity (Wildman–Crippen MR) is 112 cm³/mol. The van der Waals surface area contributed by atoms with E-state index in [-0.39, 0.29) is 5.60 Å². The Kier molecular flexibility index (Phi) is 5.81. The maximum absolute atomic E-state index is 10.7. The summed E-state index contributed by atoms with van der Waals surface area (Å²) in [5.74, 6) is 0. The Bertz CT molecular complexity index is 679. The molecule has 0 spiro atoms. The molecule has 1 heterocycles. The predicted octanol–water partition coefficient (Wildman–Crippen LogP) is 3.76. The van der Waals surface area contributed by atoms with Crippen molar-refractivity contribution < 1.29 is 9.84 Å². The molecule has 1 N–H and O–H groups in total. The van der Waals surface area contributed by atoms with Gasteiger partial charge < -0.3 is 9.84 Å². The van der Waals surface area contributed by atoms with E-state index in [0.717, 1.165) is 12.5 Å². The molecule has 3 rings (SSSR count). The van der Waals surface area contributed by atoms with E-state index >= 15 is 0 Å². The zero-order chi connectivity index (χ0) is 18.6. The minimum atomic E-state index is -1.98. The number of hydrogen-bond acceptors (Lipinski definition) is 2. The average molecular weight is 367 g/mol. The summed E-state index contributed by atoms with van der Waals surface area (Å²) in [6.45, 7) is 6.48. The van der Waals surface area contributed by atoms with E-state index in [2.05, 4.69) is 72.8 Å². The highest BCUT2D eigenvalue weighted by Crippen LogP contribution is 2.37. The van der Waals surface area contributed by atoms with Crippen LogP contribution in [0.1, 0.15) is 27.2 Å². The van der Waals surface area contributed by atoms with E-state index in [4.69, 9.17) is 4.74 Å². The van der Waals surface area contributed by atoms with Crippen molar-refractivity contribution in [2.75, 3.05) is 6.61 Å². The first-order valence-electron chi connectivity index (χ1n) is 9.51. The molecule has 0 saturated carbocycles. The van der Waals surface area contributed by atoms with Crippen LogP contribution < -0.4 is 10.4 Å². The molecule has 0 unspecified atom stereocenters. The molecule has 2 aromatic carbocycles. The SMILES string of the molecule is CC(C)(C)OC[C@H](O)C[C@@H]1C=CC[Si]1(c1ccccc1)c1ccccc1. The minimum Gasteiger partial charge on any atom is -0.391 e. The molecule has 26 heavy (non-hydrogen) atoms. The van der Waals surface area contributed by atoms with Gasteiger partial charge in [-0.3, -0.25) is 0 Å². The molecular formula is C23H30O2Si. The van der Waals surface area contributed by atoms with Crippen LogP contribution in [0.15, 0.2) is 72.8 Å². The van der Waals surface area contributed by atoms with Crippen molar-refractivity contribution >= 4 is 18.4 Å². The zero-order valence-electron chi connectivity index (χ0n) is 16.1. The Balaban J connectivity index is 1.89. The Hall–Kier alpha value is -1.68. The van der Waals surface area contributed by atoms with Crippen molar-refractivity contribution in [3.05, 3.63) is 72.8 Å². The third-order valence-corrected chi connectivity index (χ3v) is 10.6. The van der Waals surface area contributed by atoms with Gasteiger partial charge in [0.15, 0.2) is 0 Å². The van der Waals surface area contributed by atoms with Crippen molar-refractivity contribution in [2.45, 2.75) is 50.5 Å². The van der Waals surface area contributed by atoms with Crippen LogP contribution in [-0.2, 0) is 4.74 Å². The van der Waals surface area contributed by atoms with Crippen LogP contribution in [0.3, 0.4) is 0 Å². The van der Waals surface area contributed by atoms with Gasteiger partial charge in [0.05, 0.1) is 18.3 Å². The molecule has 0 aliphatic carbocycles. The number of allylic oxidation sites excluding steroid dienone is 2. The topological polar surface area (TPSA) is 29.5 Å². The van der Waals surface area contributed by atoms with Crippen LogP contribution in [0.5, 0.6) is 0 Å². The minimum absolute atomic E-state index is 0.222. The summed E-state index contributed by atoms with van der Waals surface area (Å²) < 4.78 is 5.82. The number of ether oxygens (including phenoxy) is 1. The third kappa shape index (κ3) is 4.17. The highest BCUT2D eigenvalue weighted by atomic mass is 28.3. The molecule has 1 aliphatic rings. The smallest absolute Gasteiger partial charge is 0.128 e. The normalized spacial score (nSPS) is 20.2. The van der Waals surface area contributed by atoms with E-state index in [1.54, 1.807) is 0 Å². The van der Waals surface area contributed by atoms with Crippen molar-refractivity contribution in [1.29, 1.82) is 0 Å². The van der Waals surface area contributed by atoms with Gasteiger partial charge in [-0.05, 0) is 38.8 Å². The summed E-state index contributed by atoms with van der Waals surface area (Å²) in [7, 11) is -1.98. The first-order chi connectivity index (χ1) is 12.4. The molecule has 2 nitrogen and oxygen atoms in total. The summed E-state index contributed by atoms with van der Waals surface area (Å²) in [6.07, 6.45) is 4.98. The molecule has 0 aromatic heterocycles. The van der Waals surface area contributed by atoms with Crippen LogP contribution in [0.2, 0.25) is 11.6 Å². The maximum atomic E-state index is 10.7. The fraction of sp³-hybridized carbons (Fsp3) is 0.391. The van der Waals surface area contributed by atoms with Gasteiger partial charge in [-0.2, -0.15) is 0 Å². The molecule has 0 fully saturated rings. The second-order valence-corrected chi connectivity index (χ2v) is 12.5. The zero-order valence-corrected chi connectivity index (χ0v) is 17.1. The van der Waals surface area contributed by atoms with Gasteiger partial charge in [-0.15, -0.1) is 0 Å². The van der Waals surface area contributed by atoms with Crippen LogP contribution in [0.4, 0.5) is 0 Å². The lowest BCUT2D eigenvalue weighted by Gasteiger charge is -2.36. The summed E-state index contributed by atoms with van der Waals surface area (Å²) in [6, 6.07) is 22.9. The fourth-order valence-corrected chi connectivity index (χ4v) is 9.21. The average Bonchev–Trinajstić information content (AvgIpc) is 3.05. The number of hydrogen-bond donors (Lipinski definition) is 1. The summed E-state index contributed by atoms with van der Waals surface area (Å²) in [4.78, 5) is 0. The highest BCUT2D eigenvalue weighted by molar-refractivity contribution is 7.04. The Morgan fingerprint density at radius 3 is 2.04 bits per heavy atom. The summed E-state index contributed by atoms with van der Waals surface area (Å²) in [5.41, 5.74) is 0.158. The first kappa shape index (κ1) is 19.1. The largest absolute Gasteiger partial charge is 0.391 e. The van der Waals surface area contributed by atoms with E-state index < -0.39 is 14.2 Å². The second-order valence-electron chi connectivity index (χ2n) is 8.26. The molecule has 2 aromatic rings. The lowest BCUT2D eigenvalue weighted by Crippen LogP contribution is -2.59. The van der Waals surface area contributed by atoms with Crippen LogP contribution in [-0.4, -0.2) is 31.5 Å². The lowest BCUT2D eigenvalue weighted by atomic mass is 10.1. The quantitative estimate of drug-likeness (QED) is 0.623. The maximum Gasteiger partial charge on any atom is 0.128 e. The number of benzene rings is 2. The molecular weight excluding hydrogens is 336 g/mol. The van der Waals surface area contributed by atoms with Gasteiger partial charge in [0.1, 0.15) is 8.07 Å². The first-order valence-corrected chi connectivity index (χ1v) is 11.8. The lowest BCUT2D eigenvalue weighted by molar-refractivity contribution is -0.0501. The van der Waals surface area contributed by atoms with Gasteiger partial charge in [0, 0.05) is 0 Å². The molecule has 3 heteroatoms. The van der Waals surface area contributed by atoms with E-state index in [1.807, 2.05) is 20.8 Å². The van der Waals surface area contributed by atoms with Crippen LogP contribution >= 0.6 is 0 Å². The summed E-state index contributed by atoms with van der Waals surface area (Å²) in [5, 5.41) is 13.6. The van der Waals surface area contributed by atoms with Gasteiger partial charge >= 0.3 is 0 Å². The number of aliphatic hydroxyl groups is 1. The standard InChI is InChI=1S/C23H30O2Si/c1-23(2,3)25-18-19(24)17-22-15-10-16-26(22,20-11-6-4-7-12-20)21-13-8-5-9-14-21/h4-15,19,22,24H,16-18H2,1-3H3/t19-,22+/m1/s1. The van der Waals surface area contributed by atoms with Crippen molar-refractivity contribution in [1.82, 2.24) is 0 Å². The van der Waals surface area contributed by atoms with E-state index in [9.17, 15) is 5.11 Å². The molecule has 0 radical (unpaired) electrons. The molecule has 2 atom stereocenters. The van der Waals surface area contributed by atoms with Crippen molar-refractivity contribution in [2.24, 2.45) is 0 Å². The Morgan fingerprint density at radius 2 is 1.54 bits per heavy atom. The molecule has 138 valence electrons. The van der Waals surface area contributed by atoms with Gasteiger partial charge in [-0.1, -0.05) is 83.2 Å². The number of rotatable bonds is 6. The highest BCUT2D eigenvalue weighted by Gasteiger charge is 2.45. The van der Waals surface area contributed by atoms with Crippen LogP contribution in [0, 0.1) is 0 Å². The molecule has 0 bridgehead atoms.